The molecule has 2 nitrogen and oxygen atoms in total. The second-order valence-electron chi connectivity index (χ2n) is 15.1. The van der Waals surface area contributed by atoms with E-state index in [0.717, 1.165) is 0 Å². The Kier molecular flexibility index (Phi) is 5.94. The SMILES string of the molecule is Cn1c(-c2ccc3cc4ccccc4cc3c2)cc2c3ccc4c(ccc5c4ccc4c5cc(-c5ccc6cc7ccccc7cc6c5)n4C)c3ccc21. The Bertz CT molecular complexity index is 3340. The van der Waals surface area contributed by atoms with Crippen molar-refractivity contribution in [1.82, 2.24) is 9.13 Å². The first-order chi connectivity index (χ1) is 26.6. The molecule has 54 heavy (non-hydrogen) atoms. The molecule has 0 radical (unpaired) electrons. The molecule has 0 N–H and O–H groups in total. The van der Waals surface area contributed by atoms with Crippen molar-refractivity contribution in [2.75, 3.05) is 0 Å². The minimum atomic E-state index is 1.23. The summed E-state index contributed by atoms with van der Waals surface area (Å²) < 4.78 is 4.70. The van der Waals surface area contributed by atoms with Crippen LogP contribution in [0.5, 0.6) is 0 Å². The molecule has 0 fully saturated rings. The van der Waals surface area contributed by atoms with Gasteiger partial charge in [0, 0.05) is 47.3 Å². The van der Waals surface area contributed by atoms with Crippen LogP contribution in [0.2, 0.25) is 0 Å². The van der Waals surface area contributed by atoms with E-state index in [0.29, 0.717) is 0 Å². The third kappa shape index (κ3) is 4.17. The van der Waals surface area contributed by atoms with Crippen molar-refractivity contribution in [1.29, 1.82) is 0 Å². The Morgan fingerprint density at radius 3 is 0.963 bits per heavy atom. The molecule has 0 aliphatic rings. The highest BCUT2D eigenvalue weighted by molar-refractivity contribution is 6.25. The first-order valence-corrected chi connectivity index (χ1v) is 18.8. The van der Waals surface area contributed by atoms with Crippen LogP contribution in [-0.2, 0) is 14.1 Å². The molecule has 0 saturated carbocycles. The Morgan fingerprint density at radius 1 is 0.259 bits per heavy atom. The predicted molar refractivity (Wildman–Crippen MR) is 233 cm³/mol. The summed E-state index contributed by atoms with van der Waals surface area (Å²) in [5, 5.41) is 20.5. The third-order valence-electron chi connectivity index (χ3n) is 12.2. The van der Waals surface area contributed by atoms with Gasteiger partial charge in [-0.15, -0.1) is 0 Å². The molecule has 10 aromatic carbocycles. The second-order valence-corrected chi connectivity index (χ2v) is 15.1. The highest BCUT2D eigenvalue weighted by atomic mass is 14.9. The summed E-state index contributed by atoms with van der Waals surface area (Å²) in [5.74, 6) is 0. The Balaban J connectivity index is 0.989. The summed E-state index contributed by atoms with van der Waals surface area (Å²) in [6.45, 7) is 0. The molecule has 2 heterocycles. The van der Waals surface area contributed by atoms with Crippen LogP contribution in [0.15, 0.2) is 170 Å². The lowest BCUT2D eigenvalue weighted by atomic mass is 9.94. The Morgan fingerprint density at radius 2 is 0.574 bits per heavy atom. The lowest BCUT2D eigenvalue weighted by Crippen LogP contribution is -1.91. The van der Waals surface area contributed by atoms with E-state index in [4.69, 9.17) is 0 Å². The van der Waals surface area contributed by atoms with Crippen molar-refractivity contribution in [2.45, 2.75) is 0 Å². The molecule has 12 aromatic rings. The van der Waals surface area contributed by atoms with E-state index in [9.17, 15) is 0 Å². The zero-order valence-corrected chi connectivity index (χ0v) is 30.1. The third-order valence-corrected chi connectivity index (χ3v) is 12.2. The van der Waals surface area contributed by atoms with Crippen LogP contribution in [-0.4, -0.2) is 9.13 Å². The minimum absolute atomic E-state index is 1.23. The molecule has 2 aromatic heterocycles. The van der Waals surface area contributed by atoms with Crippen LogP contribution in [0.1, 0.15) is 0 Å². The predicted octanol–water partition coefficient (Wildman–Crippen LogP) is 14.1. The molecule has 0 aliphatic carbocycles. The maximum Gasteiger partial charge on any atom is 0.0489 e. The van der Waals surface area contributed by atoms with Crippen molar-refractivity contribution in [3.63, 3.8) is 0 Å². The summed E-state index contributed by atoms with van der Waals surface area (Å²) in [5.41, 5.74) is 7.43. The Labute approximate surface area is 311 Å². The molecular formula is C52H34N2. The van der Waals surface area contributed by atoms with Gasteiger partial charge in [-0.05, 0) is 147 Å². The summed E-state index contributed by atoms with van der Waals surface area (Å²) in [6, 6.07) is 63.6. The van der Waals surface area contributed by atoms with Gasteiger partial charge in [0.25, 0.3) is 0 Å². The summed E-state index contributed by atoms with van der Waals surface area (Å²) >= 11 is 0. The average Bonchev–Trinajstić information content (AvgIpc) is 3.74. The lowest BCUT2D eigenvalue weighted by Gasteiger charge is -2.10. The highest BCUT2D eigenvalue weighted by Crippen LogP contribution is 2.41. The number of aryl methyl sites for hydroxylation is 2. The van der Waals surface area contributed by atoms with Crippen LogP contribution in [0, 0.1) is 0 Å². The molecule has 2 heteroatoms. The second kappa shape index (κ2) is 10.8. The summed E-state index contributed by atoms with van der Waals surface area (Å²) in [7, 11) is 4.39. The first-order valence-electron chi connectivity index (χ1n) is 18.8. The van der Waals surface area contributed by atoms with Crippen molar-refractivity contribution in [2.24, 2.45) is 14.1 Å². The molecular weight excluding hydrogens is 653 g/mol. The summed E-state index contributed by atoms with van der Waals surface area (Å²) in [6.07, 6.45) is 0. The molecule has 0 unspecified atom stereocenters. The molecule has 0 bridgehead atoms. The van der Waals surface area contributed by atoms with Gasteiger partial charge in [0.05, 0.1) is 0 Å². The zero-order valence-electron chi connectivity index (χ0n) is 30.1. The van der Waals surface area contributed by atoms with Gasteiger partial charge in [0.2, 0.25) is 0 Å². The van der Waals surface area contributed by atoms with Gasteiger partial charge in [-0.3, -0.25) is 0 Å². The van der Waals surface area contributed by atoms with Crippen molar-refractivity contribution < 1.29 is 0 Å². The lowest BCUT2D eigenvalue weighted by molar-refractivity contribution is 0.979. The number of benzene rings is 10. The largest absolute Gasteiger partial charge is 0.344 e. The topological polar surface area (TPSA) is 9.86 Å². The number of rotatable bonds is 2. The van der Waals surface area contributed by atoms with E-state index in [-0.39, 0.29) is 0 Å². The van der Waals surface area contributed by atoms with E-state index in [1.807, 2.05) is 0 Å². The zero-order chi connectivity index (χ0) is 35.7. The number of hydrogen-bond donors (Lipinski definition) is 0. The smallest absolute Gasteiger partial charge is 0.0489 e. The molecule has 0 atom stereocenters. The normalized spacial score (nSPS) is 12.3. The van der Waals surface area contributed by atoms with E-state index in [2.05, 4.69) is 193 Å². The van der Waals surface area contributed by atoms with E-state index in [1.165, 1.54) is 120 Å². The van der Waals surface area contributed by atoms with Crippen molar-refractivity contribution >= 4 is 97.2 Å². The van der Waals surface area contributed by atoms with Crippen LogP contribution >= 0.6 is 0 Å². The van der Waals surface area contributed by atoms with Gasteiger partial charge >= 0.3 is 0 Å². The standard InChI is InChI=1S/C52H34N2/c1-53-49-21-19-43-41-16-18-46-44(20-22-50-48(46)30-52(54(50)2)38-14-12-36-24-32-8-4-6-10-34(32)26-40(36)28-38)42(41)15-17-45(43)47(49)29-51(53)37-13-11-35-23-31-7-3-5-9-33(31)25-39(35)27-37/h3-30H,1-2H3. The number of fused-ring (bicyclic) bond motifs is 13. The van der Waals surface area contributed by atoms with Gasteiger partial charge in [0.1, 0.15) is 0 Å². The average molecular weight is 687 g/mol. The van der Waals surface area contributed by atoms with Crippen molar-refractivity contribution in [3.05, 3.63) is 170 Å². The van der Waals surface area contributed by atoms with E-state index >= 15 is 0 Å². The molecule has 0 spiro atoms. The van der Waals surface area contributed by atoms with Crippen LogP contribution in [0.25, 0.3) is 120 Å². The first kappa shape index (κ1) is 29.7. The molecule has 0 amide bonds. The monoisotopic (exact) mass is 686 g/mol. The van der Waals surface area contributed by atoms with Gasteiger partial charge in [-0.2, -0.15) is 0 Å². The van der Waals surface area contributed by atoms with Gasteiger partial charge in [-0.1, -0.05) is 109 Å². The van der Waals surface area contributed by atoms with Crippen molar-refractivity contribution in [3.8, 4) is 22.5 Å². The van der Waals surface area contributed by atoms with Gasteiger partial charge < -0.3 is 9.13 Å². The van der Waals surface area contributed by atoms with Crippen LogP contribution in [0.3, 0.4) is 0 Å². The maximum atomic E-state index is 2.39. The summed E-state index contributed by atoms with van der Waals surface area (Å²) in [4.78, 5) is 0. The molecule has 0 aliphatic heterocycles. The fourth-order valence-electron chi connectivity index (χ4n) is 9.43. The molecule has 0 saturated heterocycles. The van der Waals surface area contributed by atoms with E-state index < -0.39 is 0 Å². The number of aromatic nitrogens is 2. The quantitative estimate of drug-likeness (QED) is 0.127. The van der Waals surface area contributed by atoms with Gasteiger partial charge in [-0.25, -0.2) is 0 Å². The Hall–Kier alpha value is -6.90. The van der Waals surface area contributed by atoms with Crippen LogP contribution < -0.4 is 0 Å². The number of nitrogens with zero attached hydrogens (tertiary/aromatic N) is 2. The molecule has 252 valence electrons. The van der Waals surface area contributed by atoms with Gasteiger partial charge in [0.15, 0.2) is 0 Å². The fourth-order valence-corrected chi connectivity index (χ4v) is 9.43. The maximum absolute atomic E-state index is 2.39. The number of hydrogen-bond acceptors (Lipinski definition) is 0. The fraction of sp³-hybridized carbons (Fsp3) is 0.0385. The molecule has 12 rings (SSSR count). The van der Waals surface area contributed by atoms with Crippen LogP contribution in [0.4, 0.5) is 0 Å². The minimum Gasteiger partial charge on any atom is -0.344 e. The highest BCUT2D eigenvalue weighted by Gasteiger charge is 2.16. The van der Waals surface area contributed by atoms with E-state index in [1.54, 1.807) is 0 Å².